The molecule has 12 heteroatoms. The predicted molar refractivity (Wildman–Crippen MR) is 34.1 cm³/mol. The summed E-state index contributed by atoms with van der Waals surface area (Å²) in [5.74, 6) is 0. The Hall–Kier alpha value is 0.115. The van der Waals surface area contributed by atoms with Crippen LogP contribution >= 0.6 is 0 Å². The van der Waals surface area contributed by atoms with E-state index in [9.17, 15) is 0 Å². The fourth-order valence-electron chi connectivity index (χ4n) is 0. The van der Waals surface area contributed by atoms with Crippen LogP contribution in [-0.4, -0.2) is 48.6 Å². The van der Waals surface area contributed by atoms with Gasteiger partial charge in [0.25, 0.3) is 5.09 Å². The molecule has 0 aliphatic carbocycles. The first-order chi connectivity index (χ1) is 1.73. The number of hydrogen-bond acceptors (Lipinski definition) is 2. The maximum atomic E-state index is 8.36. The Labute approximate surface area is 94.2 Å². The molecular formula is H15LaNO10. The second-order valence-electron chi connectivity index (χ2n) is 0.238. The fourth-order valence-corrected chi connectivity index (χ4v) is 0. The molecule has 0 aromatic rings. The molecule has 83 valence electrons. The van der Waals surface area contributed by atoms with E-state index >= 15 is 0 Å². The summed E-state index contributed by atoms with van der Waals surface area (Å²) in [6.07, 6.45) is 0. The summed E-state index contributed by atoms with van der Waals surface area (Å²) in [6, 6.07) is 0. The normalized spacial score (nSPS) is 2.00. The van der Waals surface area contributed by atoms with Gasteiger partial charge in [-0.2, -0.15) is 0 Å². The van der Waals surface area contributed by atoms with E-state index in [-0.39, 0.29) is 73.9 Å². The Bertz CT molecular complexity index is 32.8. The molecule has 0 aromatic carbocycles. The first-order valence-corrected chi connectivity index (χ1v) is 0.565. The summed E-state index contributed by atoms with van der Waals surface area (Å²) in [6.45, 7) is 0. The predicted octanol–water partition coefficient (Wildman–Crippen LogP) is -6.12. The summed E-state index contributed by atoms with van der Waals surface area (Å²) >= 11 is 0. The van der Waals surface area contributed by atoms with Crippen molar-refractivity contribution in [2.45, 2.75) is 0 Å². The van der Waals surface area contributed by atoms with Crippen molar-refractivity contribution in [3.05, 3.63) is 10.1 Å². The van der Waals surface area contributed by atoms with Gasteiger partial charge < -0.3 is 43.5 Å². The molecule has 0 saturated heterocycles. The van der Waals surface area contributed by atoms with Crippen LogP contribution in [-0.2, 0) is 0 Å². The molecule has 15 N–H and O–H groups in total. The summed E-state index contributed by atoms with van der Waals surface area (Å²) in [4.78, 5) is 8.36. The first kappa shape index (κ1) is 154. The Kier molecular flexibility index (Phi) is 1510. The molecule has 0 aliphatic heterocycles. The summed E-state index contributed by atoms with van der Waals surface area (Å²) in [7, 11) is 0. The third-order valence-corrected chi connectivity index (χ3v) is 0. The number of nitrogens with zero attached hydrogens (tertiary/aromatic N) is 1. The molecule has 12 heavy (non-hydrogen) atoms. The maximum absolute atomic E-state index is 8.36. The van der Waals surface area contributed by atoms with Gasteiger partial charge >= 0.3 is 0 Å². The molecule has 11 nitrogen and oxygen atoms in total. The van der Waals surface area contributed by atoms with Crippen molar-refractivity contribution in [3.63, 3.8) is 0 Å². The van der Waals surface area contributed by atoms with Gasteiger partial charge in [0.05, 0.1) is 0 Å². The van der Waals surface area contributed by atoms with Crippen LogP contribution in [0.15, 0.2) is 0 Å². The molecule has 0 unspecified atom stereocenters. The van der Waals surface area contributed by atoms with Gasteiger partial charge in [-0.05, 0) is 0 Å². The van der Waals surface area contributed by atoms with Gasteiger partial charge in [-0.1, -0.05) is 0 Å². The summed E-state index contributed by atoms with van der Waals surface area (Å²) < 4.78 is 0. The van der Waals surface area contributed by atoms with E-state index in [4.69, 9.17) is 15.3 Å². The molecule has 0 saturated carbocycles. The van der Waals surface area contributed by atoms with E-state index in [0.717, 1.165) is 0 Å². The van der Waals surface area contributed by atoms with Crippen molar-refractivity contribution in [1.29, 1.82) is 0 Å². The van der Waals surface area contributed by atoms with E-state index in [1.807, 2.05) is 0 Å². The molecule has 0 aliphatic rings. The number of rotatable bonds is 0. The van der Waals surface area contributed by atoms with Gasteiger partial charge in [0.1, 0.15) is 0 Å². The minimum Gasteiger partial charge on any atom is -0.412 e. The van der Waals surface area contributed by atoms with Crippen LogP contribution in [0.5, 0.6) is 0 Å². The van der Waals surface area contributed by atoms with Crippen molar-refractivity contribution in [2.24, 2.45) is 0 Å². The smallest absolute Gasteiger partial charge is 0.291 e. The van der Waals surface area contributed by atoms with Crippen LogP contribution in [0.2, 0.25) is 0 Å². The topological polar surface area (TPSA) is 284 Å². The third-order valence-electron chi connectivity index (χ3n) is 0. The molecule has 0 aromatic heterocycles. The number of hydrogen-bond donors (Lipinski definition) is 1. The zero-order chi connectivity index (χ0) is 3.58. The van der Waals surface area contributed by atoms with Crippen LogP contribution in [0.4, 0.5) is 0 Å². The average molecular weight is 328 g/mol. The van der Waals surface area contributed by atoms with Crippen molar-refractivity contribution in [2.75, 3.05) is 0 Å². The zero-order valence-electron chi connectivity index (χ0n) is 5.79. The SMILES string of the molecule is O.O.O.O.O.O.O.O=[N+]([O-])O.[La]. The van der Waals surface area contributed by atoms with E-state index in [0.29, 0.717) is 0 Å². The van der Waals surface area contributed by atoms with Gasteiger partial charge in [-0.25, -0.2) is 0 Å². The Morgan fingerprint density at radius 2 is 0.833 bits per heavy atom. The average Bonchev–Trinajstić information content (AvgIpc) is 0.811. The minimum absolute atomic E-state index is 0. The standard InChI is InChI=1S/La.HNO3.7H2O/c;2-1(3)4;;;;;;;/h;(H,2,3,4);7*1H2. The van der Waals surface area contributed by atoms with E-state index in [1.165, 1.54) is 0 Å². The van der Waals surface area contributed by atoms with Crippen LogP contribution in [0.1, 0.15) is 0 Å². The molecular weight excluding hydrogens is 313 g/mol. The van der Waals surface area contributed by atoms with Gasteiger partial charge in [0.2, 0.25) is 0 Å². The van der Waals surface area contributed by atoms with E-state index in [1.54, 1.807) is 0 Å². The van der Waals surface area contributed by atoms with Crippen molar-refractivity contribution in [1.82, 2.24) is 0 Å². The summed E-state index contributed by atoms with van der Waals surface area (Å²) in [5.41, 5.74) is 0. The van der Waals surface area contributed by atoms with Crippen LogP contribution in [0, 0.1) is 45.7 Å². The molecule has 0 amide bonds. The van der Waals surface area contributed by atoms with Crippen molar-refractivity contribution in [3.8, 4) is 0 Å². The minimum atomic E-state index is -1.50. The molecule has 0 bridgehead atoms. The monoisotopic (exact) mass is 328 g/mol. The fraction of sp³-hybridized carbons (Fsp3) is 0. The van der Waals surface area contributed by atoms with Crippen molar-refractivity contribution < 1.29 is 84.2 Å². The molecule has 0 heterocycles. The van der Waals surface area contributed by atoms with Gasteiger partial charge in [-0.15, -0.1) is 10.1 Å². The van der Waals surface area contributed by atoms with Gasteiger partial charge in [0, 0.05) is 35.6 Å². The van der Waals surface area contributed by atoms with Gasteiger partial charge in [0.15, 0.2) is 0 Å². The third kappa shape index (κ3) is 63800. The first-order valence-electron chi connectivity index (χ1n) is 0.565. The molecule has 0 rings (SSSR count). The zero-order valence-corrected chi connectivity index (χ0v) is 9.41. The second-order valence-corrected chi connectivity index (χ2v) is 0.238. The van der Waals surface area contributed by atoms with E-state index in [2.05, 4.69) is 0 Å². The van der Waals surface area contributed by atoms with Gasteiger partial charge in [-0.3, -0.25) is 0 Å². The van der Waals surface area contributed by atoms with E-state index < -0.39 is 5.09 Å². The largest absolute Gasteiger partial charge is 0.412 e. The van der Waals surface area contributed by atoms with Crippen LogP contribution < -0.4 is 0 Å². The molecule has 0 fully saturated rings. The Morgan fingerprint density at radius 1 is 0.833 bits per heavy atom. The molecule has 1 radical (unpaired) electrons. The van der Waals surface area contributed by atoms with Crippen molar-refractivity contribution >= 4 is 0 Å². The van der Waals surface area contributed by atoms with Crippen LogP contribution in [0.3, 0.4) is 0 Å². The molecule has 0 atom stereocenters. The molecule has 0 spiro atoms. The maximum Gasteiger partial charge on any atom is 0.291 e. The van der Waals surface area contributed by atoms with Crippen LogP contribution in [0.25, 0.3) is 0 Å². The second kappa shape index (κ2) is 117. The Balaban J connectivity index is -0.00000000161. The quantitative estimate of drug-likeness (QED) is 0.335. The Morgan fingerprint density at radius 3 is 0.833 bits per heavy atom. The summed E-state index contributed by atoms with van der Waals surface area (Å²) in [5, 5.41) is 13.6.